The van der Waals surface area contributed by atoms with Crippen molar-refractivity contribution in [1.29, 1.82) is 0 Å². The summed E-state index contributed by atoms with van der Waals surface area (Å²) in [6.45, 7) is 6.07. The molecule has 0 N–H and O–H groups in total. The van der Waals surface area contributed by atoms with Crippen LogP contribution in [0.2, 0.25) is 0 Å². The number of nitrogens with zero attached hydrogens (tertiary/aromatic N) is 2. The van der Waals surface area contributed by atoms with Crippen molar-refractivity contribution in [2.75, 3.05) is 32.8 Å². The Labute approximate surface area is 137 Å². The summed E-state index contributed by atoms with van der Waals surface area (Å²) in [6, 6.07) is 9.35. The van der Waals surface area contributed by atoms with Gasteiger partial charge in [-0.2, -0.15) is 0 Å². The highest BCUT2D eigenvalue weighted by molar-refractivity contribution is 5.81. The minimum atomic E-state index is -0.494. The van der Waals surface area contributed by atoms with Crippen LogP contribution in [0.3, 0.4) is 0 Å². The first kappa shape index (κ1) is 17.1. The highest BCUT2D eigenvalue weighted by Crippen LogP contribution is 2.15. The van der Waals surface area contributed by atoms with E-state index in [0.717, 1.165) is 0 Å². The Hall–Kier alpha value is -2.24. The van der Waals surface area contributed by atoms with Crippen LogP contribution in [0, 0.1) is 0 Å². The van der Waals surface area contributed by atoms with Gasteiger partial charge in [0, 0.05) is 26.2 Å². The largest absolute Gasteiger partial charge is 0.481 e. The molecule has 6 nitrogen and oxygen atoms in total. The fourth-order valence-corrected chi connectivity index (χ4v) is 2.50. The fraction of sp³-hybridized carbons (Fsp3) is 0.529. The minimum Gasteiger partial charge on any atom is -0.481 e. The summed E-state index contributed by atoms with van der Waals surface area (Å²) in [5.74, 6) is 0.665. The van der Waals surface area contributed by atoms with Gasteiger partial charge in [0.15, 0.2) is 6.10 Å². The molecule has 0 aromatic heterocycles. The molecule has 0 aliphatic carbocycles. The van der Waals surface area contributed by atoms with E-state index in [2.05, 4.69) is 0 Å². The molecule has 126 valence electrons. The molecule has 1 heterocycles. The van der Waals surface area contributed by atoms with Crippen molar-refractivity contribution in [2.24, 2.45) is 0 Å². The Morgan fingerprint density at radius 1 is 1.04 bits per heavy atom. The number of rotatable bonds is 5. The van der Waals surface area contributed by atoms with E-state index in [-0.39, 0.29) is 12.0 Å². The third-order valence-electron chi connectivity index (χ3n) is 3.79. The lowest BCUT2D eigenvalue weighted by Gasteiger charge is -2.35. The van der Waals surface area contributed by atoms with Crippen LogP contribution in [0.25, 0.3) is 0 Å². The van der Waals surface area contributed by atoms with Crippen molar-refractivity contribution < 1.29 is 19.1 Å². The molecule has 1 atom stereocenters. The van der Waals surface area contributed by atoms with Gasteiger partial charge in [-0.05, 0) is 25.5 Å². The lowest BCUT2D eigenvalue weighted by molar-refractivity contribution is -0.140. The molecular formula is C17H24N2O4. The molecule has 2 rings (SSSR count). The van der Waals surface area contributed by atoms with Crippen LogP contribution in [0.15, 0.2) is 30.3 Å². The van der Waals surface area contributed by atoms with Crippen LogP contribution < -0.4 is 4.74 Å². The van der Waals surface area contributed by atoms with E-state index in [4.69, 9.17) is 9.47 Å². The van der Waals surface area contributed by atoms with Crippen LogP contribution in [0.1, 0.15) is 20.3 Å². The maximum absolute atomic E-state index is 12.6. The van der Waals surface area contributed by atoms with Gasteiger partial charge in [-0.15, -0.1) is 0 Å². The van der Waals surface area contributed by atoms with Crippen LogP contribution in [-0.2, 0) is 9.53 Å². The van der Waals surface area contributed by atoms with Gasteiger partial charge in [0.05, 0.1) is 6.61 Å². The second-order valence-electron chi connectivity index (χ2n) is 5.34. The van der Waals surface area contributed by atoms with E-state index < -0.39 is 6.10 Å². The van der Waals surface area contributed by atoms with Crippen molar-refractivity contribution in [2.45, 2.75) is 26.4 Å². The summed E-state index contributed by atoms with van der Waals surface area (Å²) in [6.07, 6.45) is -0.204. The van der Waals surface area contributed by atoms with E-state index in [1.54, 1.807) is 16.7 Å². The molecule has 23 heavy (non-hydrogen) atoms. The minimum absolute atomic E-state index is 0.0279. The molecule has 1 aliphatic heterocycles. The van der Waals surface area contributed by atoms with Gasteiger partial charge in [-0.25, -0.2) is 4.79 Å². The van der Waals surface area contributed by atoms with Crippen molar-refractivity contribution in [3.8, 4) is 5.75 Å². The van der Waals surface area contributed by atoms with Gasteiger partial charge in [0.2, 0.25) is 0 Å². The zero-order valence-corrected chi connectivity index (χ0v) is 13.7. The van der Waals surface area contributed by atoms with Gasteiger partial charge in [0.1, 0.15) is 5.75 Å². The number of ether oxygens (including phenoxy) is 2. The normalized spacial score (nSPS) is 15.9. The molecule has 0 spiro atoms. The molecule has 1 fully saturated rings. The third kappa shape index (κ3) is 4.61. The first-order valence-electron chi connectivity index (χ1n) is 8.07. The number of piperazine rings is 1. The Morgan fingerprint density at radius 3 is 2.22 bits per heavy atom. The van der Waals surface area contributed by atoms with E-state index in [9.17, 15) is 9.59 Å². The van der Waals surface area contributed by atoms with Crippen LogP contribution in [-0.4, -0.2) is 60.7 Å². The van der Waals surface area contributed by atoms with Gasteiger partial charge < -0.3 is 19.3 Å². The van der Waals surface area contributed by atoms with E-state index in [0.29, 0.717) is 45.0 Å². The maximum Gasteiger partial charge on any atom is 0.409 e. The summed E-state index contributed by atoms with van der Waals surface area (Å²) < 4.78 is 10.8. The van der Waals surface area contributed by atoms with E-state index >= 15 is 0 Å². The Morgan fingerprint density at radius 2 is 1.65 bits per heavy atom. The number of carbonyl (C=O) groups excluding carboxylic acids is 2. The quantitative estimate of drug-likeness (QED) is 0.834. The first-order valence-corrected chi connectivity index (χ1v) is 8.07. The SMILES string of the molecule is CCOC(=O)N1CCN(C(=O)[C@@H](CC)Oc2ccccc2)CC1. The second kappa shape index (κ2) is 8.41. The number of amides is 2. The zero-order chi connectivity index (χ0) is 16.7. The van der Waals surface area contributed by atoms with Gasteiger partial charge >= 0.3 is 6.09 Å². The van der Waals surface area contributed by atoms with Crippen molar-refractivity contribution in [3.63, 3.8) is 0 Å². The average Bonchev–Trinajstić information content (AvgIpc) is 2.60. The van der Waals surface area contributed by atoms with Crippen molar-refractivity contribution >= 4 is 12.0 Å². The predicted molar refractivity (Wildman–Crippen MR) is 86.3 cm³/mol. The van der Waals surface area contributed by atoms with Gasteiger partial charge in [-0.3, -0.25) is 4.79 Å². The number of para-hydroxylation sites is 1. The maximum atomic E-state index is 12.6. The topological polar surface area (TPSA) is 59.1 Å². The van der Waals surface area contributed by atoms with Gasteiger partial charge in [0.25, 0.3) is 5.91 Å². The van der Waals surface area contributed by atoms with Crippen LogP contribution in [0.4, 0.5) is 4.79 Å². The molecule has 1 aliphatic rings. The summed E-state index contributed by atoms with van der Waals surface area (Å²) in [5, 5.41) is 0. The predicted octanol–water partition coefficient (Wildman–Crippen LogP) is 2.14. The molecule has 1 aromatic carbocycles. The summed E-state index contributed by atoms with van der Waals surface area (Å²) >= 11 is 0. The average molecular weight is 320 g/mol. The zero-order valence-electron chi connectivity index (χ0n) is 13.7. The molecule has 0 unspecified atom stereocenters. The van der Waals surface area contributed by atoms with Gasteiger partial charge in [-0.1, -0.05) is 25.1 Å². The summed E-state index contributed by atoms with van der Waals surface area (Å²) in [5.41, 5.74) is 0. The molecule has 1 aromatic rings. The number of carbonyl (C=O) groups is 2. The molecule has 1 saturated heterocycles. The molecule has 0 radical (unpaired) electrons. The second-order valence-corrected chi connectivity index (χ2v) is 5.34. The fourth-order valence-electron chi connectivity index (χ4n) is 2.50. The Kier molecular flexibility index (Phi) is 6.26. The monoisotopic (exact) mass is 320 g/mol. The Balaban J connectivity index is 1.88. The highest BCUT2D eigenvalue weighted by Gasteiger charge is 2.29. The first-order chi connectivity index (χ1) is 11.2. The van der Waals surface area contributed by atoms with Crippen LogP contribution >= 0.6 is 0 Å². The number of hydrogen-bond acceptors (Lipinski definition) is 4. The molecule has 6 heteroatoms. The van der Waals surface area contributed by atoms with E-state index in [1.165, 1.54) is 0 Å². The van der Waals surface area contributed by atoms with Crippen molar-refractivity contribution in [3.05, 3.63) is 30.3 Å². The van der Waals surface area contributed by atoms with Crippen molar-refractivity contribution in [1.82, 2.24) is 9.80 Å². The number of benzene rings is 1. The summed E-state index contributed by atoms with van der Waals surface area (Å²) in [7, 11) is 0. The standard InChI is InChI=1S/C17H24N2O4/c1-3-15(23-14-8-6-5-7-9-14)16(20)18-10-12-19(13-11-18)17(21)22-4-2/h5-9,15H,3-4,10-13H2,1-2H3/t15-/m1/s1. The molecule has 2 amide bonds. The molecule has 0 saturated carbocycles. The lowest BCUT2D eigenvalue weighted by atomic mass is 10.2. The van der Waals surface area contributed by atoms with E-state index in [1.807, 2.05) is 37.3 Å². The Bertz CT molecular complexity index is 513. The smallest absolute Gasteiger partial charge is 0.409 e. The molecular weight excluding hydrogens is 296 g/mol. The summed E-state index contributed by atoms with van der Waals surface area (Å²) in [4.78, 5) is 27.7. The highest BCUT2D eigenvalue weighted by atomic mass is 16.6. The number of hydrogen-bond donors (Lipinski definition) is 0. The molecule has 0 bridgehead atoms. The third-order valence-corrected chi connectivity index (χ3v) is 3.79. The lowest BCUT2D eigenvalue weighted by Crippen LogP contribution is -2.53. The van der Waals surface area contributed by atoms with Crippen LogP contribution in [0.5, 0.6) is 5.75 Å².